The van der Waals surface area contributed by atoms with Crippen LogP contribution >= 0.6 is 0 Å². The Morgan fingerprint density at radius 3 is 2.46 bits per heavy atom. The maximum Gasteiger partial charge on any atom is 0.227 e. The Kier molecular flexibility index (Phi) is 5.93. The normalized spacial score (nSPS) is 17.2. The molecule has 1 heterocycles. The van der Waals surface area contributed by atoms with Crippen LogP contribution in [0, 0.1) is 5.92 Å². The molecule has 0 radical (unpaired) electrons. The van der Waals surface area contributed by atoms with E-state index in [4.69, 9.17) is 4.74 Å². The van der Waals surface area contributed by atoms with Crippen LogP contribution in [-0.2, 0) is 20.8 Å². The van der Waals surface area contributed by atoms with Crippen molar-refractivity contribution >= 4 is 23.5 Å². The summed E-state index contributed by atoms with van der Waals surface area (Å²) in [5.74, 6) is -1.95. The molecule has 0 aliphatic carbocycles. The zero-order chi connectivity index (χ0) is 20.1. The van der Waals surface area contributed by atoms with Crippen molar-refractivity contribution in [1.82, 2.24) is 5.32 Å². The van der Waals surface area contributed by atoms with Crippen molar-refractivity contribution in [3.63, 3.8) is 0 Å². The highest BCUT2D eigenvalue weighted by Crippen LogP contribution is 2.27. The number of benzene rings is 2. The van der Waals surface area contributed by atoms with Gasteiger partial charge in [-0.3, -0.25) is 9.59 Å². The molecule has 2 aromatic rings. The molecular weight excluding hydrogens is 360 g/mol. The molecule has 0 aromatic heterocycles. The van der Waals surface area contributed by atoms with E-state index in [1.54, 1.807) is 55.6 Å². The first kappa shape index (κ1) is 19.4. The Bertz CT molecular complexity index is 851. The fraction of sp³-hybridized carbons (Fsp3) is 0.286. The van der Waals surface area contributed by atoms with Crippen LogP contribution in [0.5, 0.6) is 5.75 Å². The van der Waals surface area contributed by atoms with Crippen LogP contribution < -0.4 is 20.1 Å². The summed E-state index contributed by atoms with van der Waals surface area (Å²) in [5, 5.41) is 14.0. The van der Waals surface area contributed by atoms with Crippen molar-refractivity contribution in [3.05, 3.63) is 60.2 Å². The SMILES string of the molecule is COc1ccc(N2C[C@@H](C(=O)N[C@@H](Cc3ccccc3)C(=O)[O-])CC2=O)cc1. The van der Waals surface area contributed by atoms with Gasteiger partial charge in [0.25, 0.3) is 0 Å². The van der Waals surface area contributed by atoms with Gasteiger partial charge < -0.3 is 24.9 Å². The molecule has 7 heteroatoms. The quantitative estimate of drug-likeness (QED) is 0.754. The zero-order valence-corrected chi connectivity index (χ0v) is 15.5. The summed E-state index contributed by atoms with van der Waals surface area (Å²) in [6.07, 6.45) is 0.154. The van der Waals surface area contributed by atoms with Gasteiger partial charge in [0.2, 0.25) is 11.8 Å². The van der Waals surface area contributed by atoms with E-state index in [-0.39, 0.29) is 25.3 Å². The maximum absolute atomic E-state index is 12.6. The van der Waals surface area contributed by atoms with Crippen molar-refractivity contribution in [1.29, 1.82) is 0 Å². The van der Waals surface area contributed by atoms with Gasteiger partial charge in [-0.05, 0) is 36.2 Å². The van der Waals surface area contributed by atoms with E-state index >= 15 is 0 Å². The number of nitrogens with one attached hydrogen (secondary N) is 1. The van der Waals surface area contributed by atoms with E-state index in [1.807, 2.05) is 6.07 Å². The molecule has 1 aliphatic rings. The molecular formula is C21H21N2O5-. The van der Waals surface area contributed by atoms with Crippen molar-refractivity contribution in [2.75, 3.05) is 18.6 Å². The first-order chi connectivity index (χ1) is 13.5. The summed E-state index contributed by atoms with van der Waals surface area (Å²) in [5.41, 5.74) is 1.45. The number of aliphatic carboxylic acids is 1. The van der Waals surface area contributed by atoms with E-state index < -0.39 is 23.8 Å². The number of amides is 2. The number of carbonyl (C=O) groups is 3. The number of carboxylic acids is 1. The Morgan fingerprint density at radius 1 is 1.18 bits per heavy atom. The lowest BCUT2D eigenvalue weighted by Gasteiger charge is -2.22. The highest BCUT2D eigenvalue weighted by atomic mass is 16.5. The van der Waals surface area contributed by atoms with E-state index in [0.29, 0.717) is 11.4 Å². The van der Waals surface area contributed by atoms with Gasteiger partial charge in [-0.2, -0.15) is 0 Å². The molecule has 7 nitrogen and oxygen atoms in total. The van der Waals surface area contributed by atoms with Crippen molar-refractivity contribution in [2.24, 2.45) is 5.92 Å². The molecule has 28 heavy (non-hydrogen) atoms. The number of ether oxygens (including phenoxy) is 1. The predicted molar refractivity (Wildman–Crippen MR) is 101 cm³/mol. The second kappa shape index (κ2) is 8.56. The molecule has 146 valence electrons. The highest BCUT2D eigenvalue weighted by Gasteiger charge is 2.35. The first-order valence-electron chi connectivity index (χ1n) is 8.97. The largest absolute Gasteiger partial charge is 0.548 e. The highest BCUT2D eigenvalue weighted by molar-refractivity contribution is 6.00. The number of anilines is 1. The molecule has 2 amide bonds. The maximum atomic E-state index is 12.6. The first-order valence-corrected chi connectivity index (χ1v) is 8.97. The standard InChI is InChI=1S/C21H22N2O5/c1-28-17-9-7-16(8-10-17)23-13-15(12-19(23)24)20(25)22-18(21(26)27)11-14-5-3-2-4-6-14/h2-10,15,18H,11-13H2,1H3,(H,22,25)(H,26,27)/p-1/t15-,18-/m0/s1. The molecule has 2 aromatic carbocycles. The number of methoxy groups -OCH3 is 1. The van der Waals surface area contributed by atoms with Gasteiger partial charge in [0.1, 0.15) is 5.75 Å². The molecule has 0 spiro atoms. The van der Waals surface area contributed by atoms with Crippen LogP contribution in [0.4, 0.5) is 5.69 Å². The van der Waals surface area contributed by atoms with Crippen LogP contribution in [0.1, 0.15) is 12.0 Å². The number of rotatable bonds is 7. The average Bonchev–Trinajstić information content (AvgIpc) is 3.10. The fourth-order valence-corrected chi connectivity index (χ4v) is 3.23. The Labute approximate surface area is 162 Å². The summed E-state index contributed by atoms with van der Waals surface area (Å²) in [4.78, 5) is 37.9. The third kappa shape index (κ3) is 4.49. The minimum Gasteiger partial charge on any atom is -0.548 e. The van der Waals surface area contributed by atoms with Crippen LogP contribution in [0.15, 0.2) is 54.6 Å². The van der Waals surface area contributed by atoms with E-state index in [2.05, 4.69) is 5.32 Å². The number of carboxylic acid groups (broad SMARTS) is 1. The van der Waals surface area contributed by atoms with Crippen LogP contribution in [0.2, 0.25) is 0 Å². The number of hydrogen-bond acceptors (Lipinski definition) is 5. The van der Waals surface area contributed by atoms with Gasteiger partial charge in [-0.15, -0.1) is 0 Å². The van der Waals surface area contributed by atoms with Crippen LogP contribution in [0.25, 0.3) is 0 Å². The average molecular weight is 381 g/mol. The molecule has 0 unspecified atom stereocenters. The third-order valence-electron chi connectivity index (χ3n) is 4.76. The van der Waals surface area contributed by atoms with Gasteiger partial charge in [0, 0.05) is 18.7 Å². The van der Waals surface area contributed by atoms with E-state index in [0.717, 1.165) is 5.56 Å². The minimum absolute atomic E-state index is 0.0307. The molecule has 1 N–H and O–H groups in total. The van der Waals surface area contributed by atoms with Crippen LogP contribution in [-0.4, -0.2) is 37.5 Å². The van der Waals surface area contributed by atoms with Crippen molar-refractivity contribution in [3.8, 4) is 5.75 Å². The van der Waals surface area contributed by atoms with Crippen LogP contribution in [0.3, 0.4) is 0 Å². The van der Waals surface area contributed by atoms with Gasteiger partial charge in [-0.1, -0.05) is 30.3 Å². The molecule has 0 saturated carbocycles. The van der Waals surface area contributed by atoms with E-state index in [9.17, 15) is 19.5 Å². The summed E-state index contributed by atoms with van der Waals surface area (Å²) >= 11 is 0. The van der Waals surface area contributed by atoms with Gasteiger partial charge >= 0.3 is 0 Å². The van der Waals surface area contributed by atoms with Crippen molar-refractivity contribution < 1.29 is 24.2 Å². The number of carbonyl (C=O) groups excluding carboxylic acids is 3. The lowest BCUT2D eigenvalue weighted by Crippen LogP contribution is -2.51. The van der Waals surface area contributed by atoms with Gasteiger partial charge in [0.05, 0.1) is 25.0 Å². The summed E-state index contributed by atoms with van der Waals surface area (Å²) in [7, 11) is 1.56. The Morgan fingerprint density at radius 2 is 1.86 bits per heavy atom. The lowest BCUT2D eigenvalue weighted by molar-refractivity contribution is -0.308. The molecule has 1 aliphatic heterocycles. The molecule has 1 saturated heterocycles. The second-order valence-electron chi connectivity index (χ2n) is 6.67. The number of nitrogens with zero attached hydrogens (tertiary/aromatic N) is 1. The summed E-state index contributed by atoms with van der Waals surface area (Å²) < 4.78 is 5.10. The minimum atomic E-state index is -1.35. The monoisotopic (exact) mass is 381 g/mol. The summed E-state index contributed by atoms with van der Waals surface area (Å²) in [6.45, 7) is 0.197. The predicted octanol–water partition coefficient (Wildman–Crippen LogP) is 0.525. The van der Waals surface area contributed by atoms with Crippen molar-refractivity contribution in [2.45, 2.75) is 18.9 Å². The number of hydrogen-bond donors (Lipinski definition) is 1. The smallest absolute Gasteiger partial charge is 0.227 e. The fourth-order valence-electron chi connectivity index (χ4n) is 3.23. The van der Waals surface area contributed by atoms with Gasteiger partial charge in [0.15, 0.2) is 0 Å². The third-order valence-corrected chi connectivity index (χ3v) is 4.76. The Hall–Kier alpha value is -3.35. The molecule has 1 fully saturated rings. The molecule has 2 atom stereocenters. The Balaban J connectivity index is 1.64. The summed E-state index contributed by atoms with van der Waals surface area (Å²) in [6, 6.07) is 14.8. The topological polar surface area (TPSA) is 98.8 Å². The lowest BCUT2D eigenvalue weighted by atomic mass is 10.0. The zero-order valence-electron chi connectivity index (χ0n) is 15.5. The second-order valence-corrected chi connectivity index (χ2v) is 6.67. The van der Waals surface area contributed by atoms with Gasteiger partial charge in [-0.25, -0.2) is 0 Å². The van der Waals surface area contributed by atoms with E-state index in [1.165, 1.54) is 4.90 Å². The molecule has 0 bridgehead atoms. The molecule has 3 rings (SSSR count).